The third-order valence-corrected chi connectivity index (χ3v) is 3.84. The van der Waals surface area contributed by atoms with Crippen LogP contribution in [0.3, 0.4) is 0 Å². The Balaban J connectivity index is 1.98. The van der Waals surface area contributed by atoms with Gasteiger partial charge < -0.3 is 4.42 Å². The highest BCUT2D eigenvalue weighted by molar-refractivity contribution is 6.10. The van der Waals surface area contributed by atoms with Crippen molar-refractivity contribution in [2.45, 2.75) is 20.3 Å². The minimum absolute atomic E-state index is 0.237. The Morgan fingerprint density at radius 3 is 2.72 bits per heavy atom. The molecule has 0 atom stereocenters. The summed E-state index contributed by atoms with van der Waals surface area (Å²) in [5.74, 6) is 0.510. The van der Waals surface area contributed by atoms with Gasteiger partial charge in [0.1, 0.15) is 17.7 Å². The van der Waals surface area contributed by atoms with E-state index in [4.69, 9.17) is 14.9 Å². The summed E-state index contributed by atoms with van der Waals surface area (Å²) >= 11 is 0. The maximum absolute atomic E-state index is 8.76. The van der Waals surface area contributed by atoms with Crippen molar-refractivity contribution in [3.8, 4) is 23.6 Å². The molecule has 25 heavy (non-hydrogen) atoms. The molecule has 0 unspecified atom stereocenters. The van der Waals surface area contributed by atoms with Crippen LogP contribution >= 0.6 is 0 Å². The lowest BCUT2D eigenvalue weighted by Gasteiger charge is -2.06. The number of nitrogens with one attached hydrogen (secondary N) is 1. The van der Waals surface area contributed by atoms with Gasteiger partial charge in [-0.1, -0.05) is 19.1 Å². The number of aryl methyl sites for hydroxylation is 2. The normalized spacial score (nSPS) is 10.1. The summed E-state index contributed by atoms with van der Waals surface area (Å²) in [5, 5.41) is 21.3. The number of oxazole rings is 1. The molecule has 0 saturated heterocycles. The zero-order chi connectivity index (χ0) is 17.8. The molecule has 1 aromatic heterocycles. The summed E-state index contributed by atoms with van der Waals surface area (Å²) in [6.45, 7) is 4.00. The van der Waals surface area contributed by atoms with Gasteiger partial charge in [-0.3, -0.25) is 5.43 Å². The van der Waals surface area contributed by atoms with Crippen molar-refractivity contribution in [1.82, 2.24) is 4.98 Å². The van der Waals surface area contributed by atoms with Gasteiger partial charge >= 0.3 is 0 Å². The highest BCUT2D eigenvalue weighted by atomic mass is 16.3. The smallest absolute Gasteiger partial charge is 0.237 e. The topological polar surface area (TPSA) is 98.0 Å². The van der Waals surface area contributed by atoms with E-state index in [1.54, 1.807) is 12.1 Å². The second-order valence-electron chi connectivity index (χ2n) is 5.50. The lowest BCUT2D eigenvalue weighted by Crippen LogP contribution is -1.98. The predicted octanol–water partition coefficient (Wildman–Crippen LogP) is 4.18. The van der Waals surface area contributed by atoms with E-state index in [2.05, 4.69) is 22.4 Å². The molecule has 0 bridgehead atoms. The largest absolute Gasteiger partial charge is 0.436 e. The van der Waals surface area contributed by atoms with E-state index in [0.717, 1.165) is 28.6 Å². The summed E-state index contributed by atoms with van der Waals surface area (Å²) in [5.41, 5.74) is 7.65. The van der Waals surface area contributed by atoms with Crippen LogP contribution in [0.1, 0.15) is 18.1 Å². The van der Waals surface area contributed by atoms with E-state index >= 15 is 0 Å². The van der Waals surface area contributed by atoms with Crippen LogP contribution in [0.25, 0.3) is 22.6 Å². The first-order chi connectivity index (χ1) is 12.1. The molecule has 3 rings (SSSR count). The Kier molecular flexibility index (Phi) is 4.45. The molecule has 6 nitrogen and oxygen atoms in total. The summed E-state index contributed by atoms with van der Waals surface area (Å²) in [7, 11) is 0. The molecule has 0 aliphatic carbocycles. The predicted molar refractivity (Wildman–Crippen MR) is 95.8 cm³/mol. The highest BCUT2D eigenvalue weighted by Gasteiger charge is 2.10. The Labute approximate surface area is 145 Å². The fraction of sp³-hybridized carbons (Fsp3) is 0.158. The van der Waals surface area contributed by atoms with Gasteiger partial charge in [0.05, 0.1) is 5.69 Å². The van der Waals surface area contributed by atoms with E-state index < -0.39 is 0 Å². The fourth-order valence-electron chi connectivity index (χ4n) is 2.38. The number of hydrogen-bond donors (Lipinski definition) is 1. The average Bonchev–Trinajstić information content (AvgIpc) is 3.06. The summed E-state index contributed by atoms with van der Waals surface area (Å²) < 4.78 is 5.84. The third-order valence-electron chi connectivity index (χ3n) is 3.84. The second-order valence-corrected chi connectivity index (χ2v) is 5.50. The van der Waals surface area contributed by atoms with Gasteiger partial charge in [-0.25, -0.2) is 4.98 Å². The number of aromatic nitrogens is 1. The second kappa shape index (κ2) is 6.86. The molecule has 0 fully saturated rings. The Hall–Kier alpha value is -3.64. The molecule has 0 aliphatic rings. The molecule has 0 amide bonds. The van der Waals surface area contributed by atoms with Crippen LogP contribution in [0, 0.1) is 29.6 Å². The van der Waals surface area contributed by atoms with Crippen LogP contribution in [0.2, 0.25) is 0 Å². The van der Waals surface area contributed by atoms with Crippen molar-refractivity contribution in [1.29, 1.82) is 10.5 Å². The van der Waals surface area contributed by atoms with Crippen LogP contribution < -0.4 is 5.43 Å². The first kappa shape index (κ1) is 16.2. The van der Waals surface area contributed by atoms with Crippen LogP contribution in [0.15, 0.2) is 45.9 Å². The minimum atomic E-state index is -0.237. The lowest BCUT2D eigenvalue weighted by atomic mass is 10.1. The molecule has 1 heterocycles. The molecule has 122 valence electrons. The van der Waals surface area contributed by atoms with Crippen LogP contribution in [-0.4, -0.2) is 10.7 Å². The maximum atomic E-state index is 8.76. The monoisotopic (exact) mass is 329 g/mol. The summed E-state index contributed by atoms with van der Waals surface area (Å²) in [4.78, 5) is 4.55. The van der Waals surface area contributed by atoms with Gasteiger partial charge in [-0.05, 0) is 48.7 Å². The molecule has 0 saturated carbocycles. The van der Waals surface area contributed by atoms with Crippen molar-refractivity contribution < 1.29 is 4.42 Å². The minimum Gasteiger partial charge on any atom is -0.436 e. The molecule has 0 spiro atoms. The highest BCUT2D eigenvalue weighted by Crippen LogP contribution is 2.28. The van der Waals surface area contributed by atoms with E-state index in [0.29, 0.717) is 11.6 Å². The number of fused-ring (bicyclic) bond motifs is 1. The van der Waals surface area contributed by atoms with Crippen LogP contribution in [-0.2, 0) is 6.42 Å². The van der Waals surface area contributed by atoms with E-state index in [9.17, 15) is 0 Å². The Morgan fingerprint density at radius 2 is 2.00 bits per heavy atom. The van der Waals surface area contributed by atoms with Crippen molar-refractivity contribution in [3.63, 3.8) is 0 Å². The van der Waals surface area contributed by atoms with Crippen molar-refractivity contribution in [2.75, 3.05) is 5.43 Å². The third kappa shape index (κ3) is 3.34. The van der Waals surface area contributed by atoms with Crippen LogP contribution in [0.5, 0.6) is 0 Å². The molecule has 2 aromatic carbocycles. The van der Waals surface area contributed by atoms with Gasteiger partial charge in [-0.15, -0.1) is 0 Å². The standard InChI is InChI=1S/C19H15N5O/c1-3-13-5-7-18-17(8-13)22-19(25-18)14-6-4-12(2)16(9-14)24-23-15(10-20)11-21/h4-9,24H,3H2,1-2H3. The zero-order valence-corrected chi connectivity index (χ0v) is 13.9. The fourth-order valence-corrected chi connectivity index (χ4v) is 2.38. The van der Waals surface area contributed by atoms with Crippen molar-refractivity contribution in [3.05, 3.63) is 47.5 Å². The first-order valence-corrected chi connectivity index (χ1v) is 7.79. The number of nitriles is 2. The number of rotatable bonds is 4. The molecular weight excluding hydrogens is 314 g/mol. The number of anilines is 1. The Bertz CT molecular complexity index is 1030. The van der Waals surface area contributed by atoms with E-state index in [-0.39, 0.29) is 5.71 Å². The number of hydrazone groups is 1. The van der Waals surface area contributed by atoms with Gasteiger partial charge in [0, 0.05) is 5.56 Å². The quantitative estimate of drug-likeness (QED) is 0.572. The van der Waals surface area contributed by atoms with E-state index in [1.807, 2.05) is 43.3 Å². The van der Waals surface area contributed by atoms with Gasteiger partial charge in [0.25, 0.3) is 0 Å². The van der Waals surface area contributed by atoms with E-state index in [1.165, 1.54) is 5.56 Å². The van der Waals surface area contributed by atoms with Gasteiger partial charge in [0.15, 0.2) is 5.58 Å². The zero-order valence-electron chi connectivity index (χ0n) is 13.9. The van der Waals surface area contributed by atoms with Gasteiger partial charge in [0.2, 0.25) is 11.6 Å². The lowest BCUT2D eigenvalue weighted by molar-refractivity contribution is 0.620. The molecule has 1 N–H and O–H groups in total. The molecule has 0 radical (unpaired) electrons. The maximum Gasteiger partial charge on any atom is 0.237 e. The first-order valence-electron chi connectivity index (χ1n) is 7.79. The van der Waals surface area contributed by atoms with Crippen molar-refractivity contribution in [2.24, 2.45) is 5.10 Å². The molecule has 6 heteroatoms. The summed E-state index contributed by atoms with van der Waals surface area (Å²) in [6.07, 6.45) is 0.939. The van der Waals surface area contributed by atoms with Gasteiger partial charge in [-0.2, -0.15) is 15.6 Å². The number of nitrogens with zero attached hydrogens (tertiary/aromatic N) is 4. The average molecular weight is 329 g/mol. The number of benzene rings is 2. The molecule has 3 aromatic rings. The Morgan fingerprint density at radius 1 is 1.20 bits per heavy atom. The summed E-state index contributed by atoms with van der Waals surface area (Å²) in [6, 6.07) is 15.0. The molecule has 0 aliphatic heterocycles. The van der Waals surface area contributed by atoms with Crippen LogP contribution in [0.4, 0.5) is 5.69 Å². The van der Waals surface area contributed by atoms with Crippen molar-refractivity contribution >= 4 is 22.5 Å². The number of hydrogen-bond acceptors (Lipinski definition) is 6. The SMILES string of the molecule is CCc1ccc2oc(-c3ccc(C)c(NN=C(C#N)C#N)c3)nc2c1. The molecular formula is C19H15N5O.